The van der Waals surface area contributed by atoms with Gasteiger partial charge in [0.2, 0.25) is 10.0 Å². The number of hydrogen-bond acceptors (Lipinski definition) is 8. The number of amides is 1. The van der Waals surface area contributed by atoms with Gasteiger partial charge in [-0.15, -0.1) is 0 Å². The number of nitrogens with zero attached hydrogens (tertiary/aromatic N) is 2. The van der Waals surface area contributed by atoms with Crippen molar-refractivity contribution in [2.24, 2.45) is 5.92 Å². The number of carbonyl (C=O) groups excluding carboxylic acids is 1. The first-order valence-corrected chi connectivity index (χ1v) is 17.8. The second-order valence-electron chi connectivity index (χ2n) is 11.2. The predicted octanol–water partition coefficient (Wildman–Crippen LogP) is 3.50. The lowest BCUT2D eigenvalue weighted by Gasteiger charge is -2.31. The number of aliphatic hydroxyl groups is 1. The van der Waals surface area contributed by atoms with Crippen molar-refractivity contribution in [2.75, 3.05) is 44.8 Å². The summed E-state index contributed by atoms with van der Waals surface area (Å²) >= 11 is 0. The normalized spacial score (nSPS) is 19.8. The second-order valence-corrected chi connectivity index (χ2v) is 15.4. The second kappa shape index (κ2) is 14.7. The minimum absolute atomic E-state index is 0.0803. The van der Waals surface area contributed by atoms with Crippen molar-refractivity contribution in [3.05, 3.63) is 60.2 Å². The fourth-order valence-corrected chi connectivity index (χ4v) is 8.78. The van der Waals surface area contributed by atoms with E-state index in [-0.39, 0.29) is 48.5 Å². The SMILES string of the molecule is COc1ccc(S(=O)(=O)N(CC2CCCC2)C[C@@H](O)CN(CCc2ccccc2)C(=O)OC2CCCS(=O)(=O)C2)cc1. The summed E-state index contributed by atoms with van der Waals surface area (Å²) in [6.07, 6.45) is 2.63. The Bertz CT molecular complexity index is 1360. The fourth-order valence-electron chi connectivity index (χ4n) is 5.65. The van der Waals surface area contributed by atoms with E-state index in [1.165, 1.54) is 28.4 Å². The summed E-state index contributed by atoms with van der Waals surface area (Å²) in [7, 11) is -5.71. The molecule has 1 unspecified atom stereocenters. The van der Waals surface area contributed by atoms with Crippen LogP contribution in [0.1, 0.15) is 44.1 Å². The van der Waals surface area contributed by atoms with Gasteiger partial charge in [-0.05, 0) is 67.9 Å². The molecule has 2 atom stereocenters. The summed E-state index contributed by atoms with van der Waals surface area (Å²) in [5, 5.41) is 11.2. The smallest absolute Gasteiger partial charge is 0.410 e. The molecule has 12 heteroatoms. The van der Waals surface area contributed by atoms with Crippen LogP contribution in [0.25, 0.3) is 0 Å². The van der Waals surface area contributed by atoms with Gasteiger partial charge in [-0.2, -0.15) is 4.31 Å². The van der Waals surface area contributed by atoms with Gasteiger partial charge in [0.25, 0.3) is 0 Å². The molecule has 232 valence electrons. The molecule has 1 heterocycles. The third kappa shape index (κ3) is 9.16. The molecule has 4 rings (SSSR count). The van der Waals surface area contributed by atoms with Gasteiger partial charge in [-0.3, -0.25) is 0 Å². The van der Waals surface area contributed by atoms with Crippen molar-refractivity contribution in [3.63, 3.8) is 0 Å². The summed E-state index contributed by atoms with van der Waals surface area (Å²) in [4.78, 5) is 14.7. The van der Waals surface area contributed by atoms with Crippen LogP contribution in [-0.4, -0.2) is 94.2 Å². The number of hydrogen-bond donors (Lipinski definition) is 1. The Kier molecular flexibility index (Phi) is 11.3. The van der Waals surface area contributed by atoms with Crippen LogP contribution in [-0.2, 0) is 31.0 Å². The molecule has 2 aliphatic rings. The number of benzene rings is 2. The zero-order valence-corrected chi connectivity index (χ0v) is 25.8. The highest BCUT2D eigenvalue weighted by Crippen LogP contribution is 2.28. The van der Waals surface area contributed by atoms with Gasteiger partial charge in [0.05, 0.1) is 36.2 Å². The highest BCUT2D eigenvalue weighted by atomic mass is 32.2. The average molecular weight is 623 g/mol. The van der Waals surface area contributed by atoms with Crippen LogP contribution < -0.4 is 4.74 Å². The van der Waals surface area contributed by atoms with E-state index in [1.54, 1.807) is 12.1 Å². The van der Waals surface area contributed by atoms with Crippen LogP contribution in [0.2, 0.25) is 0 Å². The summed E-state index contributed by atoms with van der Waals surface area (Å²) in [6.45, 7) is 0.134. The summed E-state index contributed by atoms with van der Waals surface area (Å²) in [5.41, 5.74) is 0.981. The Hall–Kier alpha value is -2.67. The maximum Gasteiger partial charge on any atom is 0.410 e. The molecule has 1 saturated carbocycles. The molecule has 0 aromatic heterocycles. The van der Waals surface area contributed by atoms with Crippen LogP contribution in [0, 0.1) is 5.92 Å². The Labute approximate surface area is 249 Å². The van der Waals surface area contributed by atoms with Crippen molar-refractivity contribution in [2.45, 2.75) is 62.0 Å². The van der Waals surface area contributed by atoms with Crippen molar-refractivity contribution in [1.29, 1.82) is 0 Å². The van der Waals surface area contributed by atoms with E-state index in [9.17, 15) is 26.7 Å². The Balaban J connectivity index is 1.49. The molecule has 2 aromatic carbocycles. The first kappa shape index (κ1) is 32.2. The monoisotopic (exact) mass is 622 g/mol. The molecule has 1 aliphatic heterocycles. The van der Waals surface area contributed by atoms with E-state index in [0.29, 0.717) is 25.0 Å². The fraction of sp³-hybridized carbons (Fsp3) is 0.567. The van der Waals surface area contributed by atoms with Crippen molar-refractivity contribution >= 4 is 26.0 Å². The van der Waals surface area contributed by atoms with E-state index >= 15 is 0 Å². The molecule has 0 radical (unpaired) electrons. The van der Waals surface area contributed by atoms with E-state index < -0.39 is 38.2 Å². The van der Waals surface area contributed by atoms with Gasteiger partial charge >= 0.3 is 6.09 Å². The number of sulfone groups is 1. The van der Waals surface area contributed by atoms with E-state index in [1.807, 2.05) is 30.3 Å². The maximum atomic E-state index is 13.7. The van der Waals surface area contributed by atoms with Crippen LogP contribution in [0.5, 0.6) is 5.75 Å². The molecular formula is C30H42N2O8S2. The van der Waals surface area contributed by atoms with Crippen LogP contribution >= 0.6 is 0 Å². The molecule has 0 spiro atoms. The van der Waals surface area contributed by atoms with Gasteiger partial charge in [0.1, 0.15) is 11.9 Å². The number of rotatable bonds is 13. The molecule has 1 aliphatic carbocycles. The largest absolute Gasteiger partial charge is 0.497 e. The highest BCUT2D eigenvalue weighted by Gasteiger charge is 2.33. The molecular weight excluding hydrogens is 580 g/mol. The third-order valence-corrected chi connectivity index (χ3v) is 11.6. The topological polar surface area (TPSA) is 131 Å². The molecule has 1 saturated heterocycles. The number of methoxy groups -OCH3 is 1. The lowest BCUT2D eigenvalue weighted by atomic mass is 10.1. The van der Waals surface area contributed by atoms with Crippen molar-refractivity contribution < 1.29 is 36.2 Å². The van der Waals surface area contributed by atoms with E-state index in [0.717, 1.165) is 31.2 Å². The van der Waals surface area contributed by atoms with Crippen LogP contribution in [0.4, 0.5) is 4.79 Å². The quantitative estimate of drug-likeness (QED) is 0.359. The number of aliphatic hydroxyl groups excluding tert-OH is 1. The predicted molar refractivity (Wildman–Crippen MR) is 160 cm³/mol. The molecule has 42 heavy (non-hydrogen) atoms. The van der Waals surface area contributed by atoms with Gasteiger partial charge in [0, 0.05) is 19.6 Å². The average Bonchev–Trinajstić information content (AvgIpc) is 3.48. The molecule has 1 N–H and O–H groups in total. The van der Waals surface area contributed by atoms with Gasteiger partial charge in [-0.25, -0.2) is 21.6 Å². The van der Waals surface area contributed by atoms with Gasteiger partial charge in [-0.1, -0.05) is 43.2 Å². The van der Waals surface area contributed by atoms with Gasteiger partial charge in [0.15, 0.2) is 9.84 Å². The first-order valence-electron chi connectivity index (χ1n) is 14.6. The Morgan fingerprint density at radius 3 is 2.33 bits per heavy atom. The molecule has 0 bridgehead atoms. The van der Waals surface area contributed by atoms with E-state index in [2.05, 4.69) is 0 Å². The van der Waals surface area contributed by atoms with Crippen LogP contribution in [0.15, 0.2) is 59.5 Å². The lowest BCUT2D eigenvalue weighted by Crippen LogP contribution is -2.47. The summed E-state index contributed by atoms with van der Waals surface area (Å²) in [5.74, 6) is 0.590. The Morgan fingerprint density at radius 1 is 1.00 bits per heavy atom. The van der Waals surface area contributed by atoms with Crippen molar-refractivity contribution in [3.8, 4) is 5.75 Å². The summed E-state index contributed by atoms with van der Waals surface area (Å²) in [6, 6.07) is 15.7. The van der Waals surface area contributed by atoms with Crippen molar-refractivity contribution in [1.82, 2.24) is 9.21 Å². The minimum Gasteiger partial charge on any atom is -0.497 e. The minimum atomic E-state index is -3.94. The number of carbonyl (C=O) groups is 1. The molecule has 2 aromatic rings. The zero-order valence-electron chi connectivity index (χ0n) is 24.1. The van der Waals surface area contributed by atoms with Crippen LogP contribution in [0.3, 0.4) is 0 Å². The lowest BCUT2D eigenvalue weighted by molar-refractivity contribution is 0.0441. The Morgan fingerprint density at radius 2 is 1.69 bits per heavy atom. The first-order chi connectivity index (χ1) is 20.1. The number of ether oxygens (including phenoxy) is 2. The highest BCUT2D eigenvalue weighted by molar-refractivity contribution is 7.91. The van der Waals surface area contributed by atoms with Gasteiger partial charge < -0.3 is 19.5 Å². The molecule has 2 fully saturated rings. The van der Waals surface area contributed by atoms with E-state index in [4.69, 9.17) is 9.47 Å². The third-order valence-electron chi connectivity index (χ3n) is 7.94. The standard InChI is InChI=1S/C30H42N2O8S2/c1-39-27-13-15-29(16-14-27)42(37,38)32(20-25-10-5-6-11-25)22-26(33)21-31(18-17-24-8-3-2-4-9-24)30(34)40-28-12-7-19-41(35,36)23-28/h2-4,8-9,13-16,25-26,28,33H,5-7,10-12,17-23H2,1H3/t26-,28?/m0/s1. The zero-order chi connectivity index (χ0) is 30.2. The maximum absolute atomic E-state index is 13.7. The molecule has 10 nitrogen and oxygen atoms in total. The summed E-state index contributed by atoms with van der Waals surface area (Å²) < 4.78 is 63.7. The number of sulfonamides is 1. The molecule has 1 amide bonds.